The number of rotatable bonds is 9. The molecule has 1 aromatic carbocycles. The van der Waals surface area contributed by atoms with Crippen LogP contribution in [0.1, 0.15) is 18.9 Å². The van der Waals surface area contributed by atoms with Crippen molar-refractivity contribution in [2.45, 2.75) is 19.9 Å². The molecule has 0 amide bonds. The largest absolute Gasteiger partial charge is 0.491 e. The first kappa shape index (κ1) is 24.6. The van der Waals surface area contributed by atoms with Crippen LogP contribution in [0.2, 0.25) is 5.02 Å². The van der Waals surface area contributed by atoms with E-state index in [-0.39, 0.29) is 24.8 Å². The highest BCUT2D eigenvalue weighted by molar-refractivity contribution is 6.32. The first-order valence-corrected chi connectivity index (χ1v) is 8.62. The average molecular weight is 416 g/mol. The molecule has 0 spiro atoms. The molecule has 146 valence electrons. The Balaban J connectivity index is 0.00000288. The number of benzene rings is 1. The first-order valence-electron chi connectivity index (χ1n) is 8.24. The van der Waals surface area contributed by atoms with E-state index in [1.807, 2.05) is 19.1 Å². The molecule has 0 aliphatic carbocycles. The van der Waals surface area contributed by atoms with Crippen molar-refractivity contribution >= 4 is 36.4 Å². The molecule has 1 heterocycles. The van der Waals surface area contributed by atoms with Crippen molar-refractivity contribution < 1.29 is 14.2 Å². The Hall–Kier alpha value is -0.430. The van der Waals surface area contributed by atoms with E-state index in [4.69, 9.17) is 25.8 Å². The molecule has 1 saturated heterocycles. The van der Waals surface area contributed by atoms with Crippen LogP contribution in [0, 0.1) is 0 Å². The minimum absolute atomic E-state index is 0. The smallest absolute Gasteiger partial charge is 0.179 e. The number of ether oxygens (including phenoxy) is 3. The highest BCUT2D eigenvalue weighted by Gasteiger charge is 2.12. The van der Waals surface area contributed by atoms with Crippen LogP contribution in [0.4, 0.5) is 0 Å². The molecule has 25 heavy (non-hydrogen) atoms. The second-order valence-corrected chi connectivity index (χ2v) is 5.93. The van der Waals surface area contributed by atoms with Gasteiger partial charge >= 0.3 is 0 Å². The number of methoxy groups -OCH3 is 1. The summed E-state index contributed by atoms with van der Waals surface area (Å²) in [6.07, 6.45) is 1.13. The highest BCUT2D eigenvalue weighted by atomic mass is 35.5. The summed E-state index contributed by atoms with van der Waals surface area (Å²) in [5.74, 6) is 1.30. The minimum atomic E-state index is 0. The molecule has 1 N–H and O–H groups in total. The summed E-state index contributed by atoms with van der Waals surface area (Å²) in [4.78, 5) is 2.45. The van der Waals surface area contributed by atoms with Gasteiger partial charge in [0.1, 0.15) is 0 Å². The summed E-state index contributed by atoms with van der Waals surface area (Å²) < 4.78 is 16.3. The van der Waals surface area contributed by atoms with Gasteiger partial charge in [-0.1, -0.05) is 11.6 Å². The topological polar surface area (TPSA) is 43.0 Å². The Morgan fingerprint density at radius 2 is 1.96 bits per heavy atom. The SMILES string of the molecule is CCOc1cc(CNCCCN2CCOCC2)cc(Cl)c1OC.Cl.Cl. The lowest BCUT2D eigenvalue weighted by Gasteiger charge is -2.26. The Morgan fingerprint density at radius 1 is 1.24 bits per heavy atom. The molecule has 1 aliphatic heterocycles. The van der Waals surface area contributed by atoms with Crippen LogP contribution in [0.15, 0.2) is 12.1 Å². The van der Waals surface area contributed by atoms with Gasteiger partial charge in [-0.05, 0) is 44.1 Å². The highest BCUT2D eigenvalue weighted by Crippen LogP contribution is 2.36. The molecule has 8 heteroatoms. The van der Waals surface area contributed by atoms with E-state index < -0.39 is 0 Å². The van der Waals surface area contributed by atoms with E-state index in [2.05, 4.69) is 10.2 Å². The van der Waals surface area contributed by atoms with Crippen LogP contribution in [-0.4, -0.2) is 58.0 Å². The van der Waals surface area contributed by atoms with E-state index in [9.17, 15) is 0 Å². The molecular formula is C17H29Cl3N2O3. The zero-order chi connectivity index (χ0) is 16.5. The summed E-state index contributed by atoms with van der Waals surface area (Å²) >= 11 is 6.26. The molecular weight excluding hydrogens is 387 g/mol. The molecule has 0 aromatic heterocycles. The lowest BCUT2D eigenvalue weighted by Crippen LogP contribution is -2.37. The lowest BCUT2D eigenvalue weighted by molar-refractivity contribution is 0.0374. The van der Waals surface area contributed by atoms with Gasteiger partial charge in [-0.3, -0.25) is 4.90 Å². The molecule has 2 rings (SSSR count). The van der Waals surface area contributed by atoms with Crippen molar-refractivity contribution in [2.75, 3.05) is 53.1 Å². The average Bonchev–Trinajstić information content (AvgIpc) is 2.56. The van der Waals surface area contributed by atoms with E-state index >= 15 is 0 Å². The normalized spacial score (nSPS) is 14.4. The van der Waals surface area contributed by atoms with Crippen molar-refractivity contribution in [2.24, 2.45) is 0 Å². The monoisotopic (exact) mass is 414 g/mol. The Morgan fingerprint density at radius 3 is 2.60 bits per heavy atom. The van der Waals surface area contributed by atoms with Crippen LogP contribution >= 0.6 is 36.4 Å². The van der Waals surface area contributed by atoms with Crippen molar-refractivity contribution in [3.8, 4) is 11.5 Å². The summed E-state index contributed by atoms with van der Waals surface area (Å²) in [5, 5.41) is 4.05. The third kappa shape index (κ3) is 8.20. The van der Waals surface area contributed by atoms with Gasteiger partial charge in [-0.2, -0.15) is 0 Å². The standard InChI is InChI=1S/C17H27ClN2O3.2ClH/c1-3-23-16-12-14(11-15(18)17(16)21-2)13-19-5-4-6-20-7-9-22-10-8-20;;/h11-12,19H,3-10,13H2,1-2H3;2*1H. The quantitative estimate of drug-likeness (QED) is 0.626. The Labute approximate surface area is 168 Å². The summed E-state index contributed by atoms with van der Waals surface area (Å²) in [7, 11) is 1.60. The van der Waals surface area contributed by atoms with Crippen LogP contribution in [-0.2, 0) is 11.3 Å². The van der Waals surface area contributed by atoms with Crippen molar-refractivity contribution in [3.05, 3.63) is 22.7 Å². The summed E-state index contributed by atoms with van der Waals surface area (Å²) in [5.41, 5.74) is 1.10. The van der Waals surface area contributed by atoms with Crippen molar-refractivity contribution in [3.63, 3.8) is 0 Å². The van der Waals surface area contributed by atoms with E-state index in [1.165, 1.54) is 0 Å². The van der Waals surface area contributed by atoms with Crippen LogP contribution < -0.4 is 14.8 Å². The van der Waals surface area contributed by atoms with E-state index in [0.29, 0.717) is 23.1 Å². The fourth-order valence-corrected chi connectivity index (χ4v) is 2.98. The first-order chi connectivity index (χ1) is 11.2. The molecule has 0 unspecified atom stereocenters. The lowest BCUT2D eigenvalue weighted by atomic mass is 10.2. The Kier molecular flexibility index (Phi) is 13.5. The fraction of sp³-hybridized carbons (Fsp3) is 0.647. The molecule has 0 bridgehead atoms. The minimum Gasteiger partial charge on any atom is -0.491 e. The molecule has 1 fully saturated rings. The second-order valence-electron chi connectivity index (χ2n) is 5.53. The number of nitrogens with zero attached hydrogens (tertiary/aromatic N) is 1. The molecule has 0 radical (unpaired) electrons. The molecule has 0 atom stereocenters. The van der Waals surface area contributed by atoms with Gasteiger partial charge in [0, 0.05) is 19.6 Å². The van der Waals surface area contributed by atoms with E-state index in [1.54, 1.807) is 7.11 Å². The summed E-state index contributed by atoms with van der Waals surface area (Å²) in [6, 6.07) is 3.92. The van der Waals surface area contributed by atoms with Gasteiger partial charge in [0.2, 0.25) is 0 Å². The third-order valence-electron chi connectivity index (χ3n) is 3.83. The maximum absolute atomic E-state index is 6.26. The van der Waals surface area contributed by atoms with Crippen molar-refractivity contribution in [1.82, 2.24) is 10.2 Å². The van der Waals surface area contributed by atoms with Crippen LogP contribution in [0.25, 0.3) is 0 Å². The number of hydrogen-bond donors (Lipinski definition) is 1. The molecule has 1 aliphatic rings. The van der Waals surface area contributed by atoms with Gasteiger partial charge in [-0.15, -0.1) is 24.8 Å². The van der Waals surface area contributed by atoms with E-state index in [0.717, 1.165) is 57.9 Å². The molecule has 1 aromatic rings. The number of morpholine rings is 1. The molecule has 5 nitrogen and oxygen atoms in total. The van der Waals surface area contributed by atoms with Gasteiger partial charge in [-0.25, -0.2) is 0 Å². The van der Waals surface area contributed by atoms with Gasteiger partial charge in [0.15, 0.2) is 11.5 Å². The number of halogens is 3. The zero-order valence-electron chi connectivity index (χ0n) is 14.9. The maximum Gasteiger partial charge on any atom is 0.179 e. The number of nitrogens with one attached hydrogen (secondary N) is 1. The van der Waals surface area contributed by atoms with Crippen LogP contribution in [0.3, 0.4) is 0 Å². The number of hydrogen-bond acceptors (Lipinski definition) is 5. The maximum atomic E-state index is 6.26. The predicted molar refractivity (Wildman–Crippen MR) is 107 cm³/mol. The molecule has 0 saturated carbocycles. The fourth-order valence-electron chi connectivity index (χ4n) is 2.67. The predicted octanol–water partition coefficient (Wildman–Crippen LogP) is 3.40. The Bertz CT molecular complexity index is 486. The van der Waals surface area contributed by atoms with Gasteiger partial charge in [0.05, 0.1) is 32.0 Å². The second kappa shape index (κ2) is 13.7. The third-order valence-corrected chi connectivity index (χ3v) is 4.11. The van der Waals surface area contributed by atoms with Crippen molar-refractivity contribution in [1.29, 1.82) is 0 Å². The summed E-state index contributed by atoms with van der Waals surface area (Å²) in [6.45, 7) is 9.21. The zero-order valence-corrected chi connectivity index (χ0v) is 17.3. The van der Waals surface area contributed by atoms with Crippen LogP contribution in [0.5, 0.6) is 11.5 Å². The van der Waals surface area contributed by atoms with Gasteiger partial charge in [0.25, 0.3) is 0 Å². The van der Waals surface area contributed by atoms with Gasteiger partial charge < -0.3 is 19.5 Å².